The van der Waals surface area contributed by atoms with E-state index >= 15 is 0 Å². The molecule has 0 bridgehead atoms. The highest BCUT2D eigenvalue weighted by molar-refractivity contribution is 5.37. The van der Waals surface area contributed by atoms with Crippen molar-refractivity contribution in [2.24, 2.45) is 0 Å². The predicted octanol–water partition coefficient (Wildman–Crippen LogP) is 3.43. The summed E-state index contributed by atoms with van der Waals surface area (Å²) >= 11 is 0. The Morgan fingerprint density at radius 2 is 1.76 bits per heavy atom. The molecule has 2 aromatic rings. The maximum Gasteiger partial charge on any atom is 0.129 e. The molecule has 0 amide bonds. The molecule has 0 aliphatic heterocycles. The number of aliphatic hydroxyl groups is 1. The minimum absolute atomic E-state index is 0.128. The van der Waals surface area contributed by atoms with Gasteiger partial charge in [0.15, 0.2) is 0 Å². The number of methoxy groups -OCH3 is 1. The lowest BCUT2D eigenvalue weighted by Gasteiger charge is -2.14. The molecule has 4 heteroatoms. The molecule has 0 aliphatic carbocycles. The Morgan fingerprint density at radius 3 is 2.43 bits per heavy atom. The Morgan fingerprint density at radius 1 is 1.05 bits per heavy atom. The fraction of sp³-hybridized carbons (Fsp3) is 0.294. The Bertz CT molecular complexity index is 626. The summed E-state index contributed by atoms with van der Waals surface area (Å²) in [5.74, 6) is -0.560. The van der Waals surface area contributed by atoms with E-state index in [4.69, 9.17) is 4.74 Å². The lowest BCUT2D eigenvalue weighted by Crippen LogP contribution is -2.15. The molecule has 2 nitrogen and oxygen atoms in total. The normalized spacial score (nSPS) is 12.2. The summed E-state index contributed by atoms with van der Waals surface area (Å²) in [6, 6.07) is 9.09. The van der Waals surface area contributed by atoms with Crippen LogP contribution in [-0.4, -0.2) is 18.3 Å². The molecule has 0 radical (unpaired) electrons. The van der Waals surface area contributed by atoms with Gasteiger partial charge in [0, 0.05) is 18.9 Å². The second-order valence-electron chi connectivity index (χ2n) is 5.11. The van der Waals surface area contributed by atoms with Gasteiger partial charge in [-0.1, -0.05) is 23.8 Å². The van der Waals surface area contributed by atoms with Crippen molar-refractivity contribution in [1.29, 1.82) is 0 Å². The minimum atomic E-state index is -0.763. The van der Waals surface area contributed by atoms with Gasteiger partial charge in [0.2, 0.25) is 0 Å². The van der Waals surface area contributed by atoms with E-state index in [2.05, 4.69) is 0 Å². The van der Waals surface area contributed by atoms with E-state index in [1.165, 1.54) is 12.1 Å². The molecule has 0 fully saturated rings. The monoisotopic (exact) mass is 292 g/mol. The van der Waals surface area contributed by atoms with Gasteiger partial charge in [-0.2, -0.15) is 0 Å². The second kappa shape index (κ2) is 6.68. The number of ether oxygens (including phenoxy) is 1. The van der Waals surface area contributed by atoms with Crippen LogP contribution in [0.2, 0.25) is 0 Å². The van der Waals surface area contributed by atoms with E-state index in [-0.39, 0.29) is 6.42 Å². The Hall–Kier alpha value is -1.94. The summed E-state index contributed by atoms with van der Waals surface area (Å²) in [6.07, 6.45) is -0.286. The van der Waals surface area contributed by atoms with Crippen molar-refractivity contribution in [1.82, 2.24) is 0 Å². The van der Waals surface area contributed by atoms with Crippen LogP contribution in [0.5, 0.6) is 5.75 Å². The Labute approximate surface area is 123 Å². The third kappa shape index (κ3) is 4.02. The zero-order chi connectivity index (χ0) is 15.4. The molecule has 21 heavy (non-hydrogen) atoms. The Balaban J connectivity index is 2.11. The fourth-order valence-electron chi connectivity index (χ4n) is 2.33. The molecular formula is C17H18F2O2. The predicted molar refractivity (Wildman–Crippen MR) is 77.5 cm³/mol. The number of halogens is 2. The molecule has 0 aliphatic rings. The van der Waals surface area contributed by atoms with Gasteiger partial charge in [-0.15, -0.1) is 0 Å². The van der Waals surface area contributed by atoms with Crippen LogP contribution in [0, 0.1) is 18.6 Å². The fourth-order valence-corrected chi connectivity index (χ4v) is 2.33. The SMILES string of the molecule is COc1ccc(C)cc1CC(O)Cc1ccc(F)cc1F. The van der Waals surface area contributed by atoms with E-state index in [1.54, 1.807) is 7.11 Å². The number of aryl methyl sites for hydroxylation is 1. The quantitative estimate of drug-likeness (QED) is 0.915. The first kappa shape index (κ1) is 15.4. The molecule has 0 heterocycles. The third-order valence-electron chi connectivity index (χ3n) is 3.36. The number of aliphatic hydroxyl groups excluding tert-OH is 1. The zero-order valence-electron chi connectivity index (χ0n) is 12.1. The first-order chi connectivity index (χ1) is 9.99. The van der Waals surface area contributed by atoms with E-state index in [0.29, 0.717) is 17.7 Å². The second-order valence-corrected chi connectivity index (χ2v) is 5.11. The van der Waals surface area contributed by atoms with Gasteiger partial charge in [0.05, 0.1) is 13.2 Å². The molecule has 112 valence electrons. The highest BCUT2D eigenvalue weighted by atomic mass is 19.1. The van der Waals surface area contributed by atoms with Crippen LogP contribution >= 0.6 is 0 Å². The van der Waals surface area contributed by atoms with Crippen molar-refractivity contribution in [2.45, 2.75) is 25.9 Å². The third-order valence-corrected chi connectivity index (χ3v) is 3.36. The van der Waals surface area contributed by atoms with Crippen LogP contribution in [0.3, 0.4) is 0 Å². The summed E-state index contributed by atoms with van der Waals surface area (Å²) in [5.41, 5.74) is 2.23. The molecule has 0 spiro atoms. The maximum absolute atomic E-state index is 13.6. The summed E-state index contributed by atoms with van der Waals surface area (Å²) in [4.78, 5) is 0. The molecule has 2 aromatic carbocycles. The topological polar surface area (TPSA) is 29.5 Å². The van der Waals surface area contributed by atoms with Gasteiger partial charge in [0.1, 0.15) is 17.4 Å². The number of hydrogen-bond acceptors (Lipinski definition) is 2. The summed E-state index contributed by atoms with van der Waals surface area (Å²) in [7, 11) is 1.57. The van der Waals surface area contributed by atoms with Crippen molar-refractivity contribution >= 4 is 0 Å². The van der Waals surface area contributed by atoms with Crippen molar-refractivity contribution in [3.8, 4) is 5.75 Å². The van der Waals surface area contributed by atoms with Crippen LogP contribution in [0.4, 0.5) is 8.78 Å². The van der Waals surface area contributed by atoms with Gasteiger partial charge in [-0.05, 0) is 30.2 Å². The minimum Gasteiger partial charge on any atom is -0.496 e. The number of hydrogen-bond donors (Lipinski definition) is 1. The summed E-state index contributed by atoms with van der Waals surface area (Å²) in [6.45, 7) is 1.95. The van der Waals surface area contributed by atoms with Gasteiger partial charge in [-0.3, -0.25) is 0 Å². The number of rotatable bonds is 5. The summed E-state index contributed by atoms with van der Waals surface area (Å²) in [5, 5.41) is 10.1. The smallest absolute Gasteiger partial charge is 0.129 e. The highest BCUT2D eigenvalue weighted by Crippen LogP contribution is 2.22. The molecular weight excluding hydrogens is 274 g/mol. The number of benzene rings is 2. The van der Waals surface area contributed by atoms with Crippen molar-refractivity contribution in [3.63, 3.8) is 0 Å². The average Bonchev–Trinajstić information content (AvgIpc) is 2.42. The largest absolute Gasteiger partial charge is 0.496 e. The van der Waals surface area contributed by atoms with Gasteiger partial charge in [0.25, 0.3) is 0 Å². The zero-order valence-corrected chi connectivity index (χ0v) is 12.1. The molecule has 0 saturated carbocycles. The maximum atomic E-state index is 13.6. The highest BCUT2D eigenvalue weighted by Gasteiger charge is 2.13. The van der Waals surface area contributed by atoms with Gasteiger partial charge < -0.3 is 9.84 Å². The molecule has 2 rings (SSSR count). The van der Waals surface area contributed by atoms with Crippen LogP contribution < -0.4 is 4.74 Å². The molecule has 0 aromatic heterocycles. The van der Waals surface area contributed by atoms with E-state index in [0.717, 1.165) is 17.2 Å². The lowest BCUT2D eigenvalue weighted by atomic mass is 9.99. The van der Waals surface area contributed by atoms with Crippen molar-refractivity contribution < 1.29 is 18.6 Å². The average molecular weight is 292 g/mol. The first-order valence-electron chi connectivity index (χ1n) is 6.75. The molecule has 1 unspecified atom stereocenters. The van der Waals surface area contributed by atoms with Crippen LogP contribution in [0.25, 0.3) is 0 Å². The van der Waals surface area contributed by atoms with Crippen LogP contribution in [0.15, 0.2) is 36.4 Å². The van der Waals surface area contributed by atoms with Gasteiger partial charge in [-0.25, -0.2) is 8.78 Å². The molecule has 1 N–H and O–H groups in total. The van der Waals surface area contributed by atoms with Gasteiger partial charge >= 0.3 is 0 Å². The molecule has 0 saturated heterocycles. The van der Waals surface area contributed by atoms with E-state index in [1.807, 2.05) is 25.1 Å². The summed E-state index contributed by atoms with van der Waals surface area (Å²) < 4.78 is 31.7. The first-order valence-corrected chi connectivity index (χ1v) is 6.75. The van der Waals surface area contributed by atoms with Crippen LogP contribution in [0.1, 0.15) is 16.7 Å². The molecule has 1 atom stereocenters. The van der Waals surface area contributed by atoms with Crippen molar-refractivity contribution in [3.05, 3.63) is 64.7 Å². The van der Waals surface area contributed by atoms with E-state index in [9.17, 15) is 13.9 Å². The Kier molecular flexibility index (Phi) is 4.91. The van der Waals surface area contributed by atoms with Crippen molar-refractivity contribution in [2.75, 3.05) is 7.11 Å². The van der Waals surface area contributed by atoms with E-state index < -0.39 is 17.7 Å². The lowest BCUT2D eigenvalue weighted by molar-refractivity contribution is 0.173. The standard InChI is InChI=1S/C17H18F2O2/c1-11-3-6-17(21-2)13(7-11)9-15(20)8-12-4-5-14(18)10-16(12)19/h3-7,10,15,20H,8-9H2,1-2H3. The van der Waals surface area contributed by atoms with Crippen LogP contribution in [-0.2, 0) is 12.8 Å².